The fourth-order valence-corrected chi connectivity index (χ4v) is 0.739. The zero-order valence-corrected chi connectivity index (χ0v) is 8.61. The van der Waals surface area contributed by atoms with Crippen LogP contribution in [0.5, 0.6) is 0 Å². The molecule has 0 rings (SSSR count). The van der Waals surface area contributed by atoms with Crippen molar-refractivity contribution in [2.75, 3.05) is 5.88 Å². The van der Waals surface area contributed by atoms with E-state index in [0.717, 1.165) is 0 Å². The molecule has 2 amide bonds. The lowest BCUT2D eigenvalue weighted by Gasteiger charge is -2.07. The number of hydrogen-bond donors (Lipinski definition) is 3. The predicted molar refractivity (Wildman–Crippen MR) is 56.4 cm³/mol. The Hall–Kier alpha value is -1.16. The minimum atomic E-state index is -1.19. The van der Waals surface area contributed by atoms with Crippen LogP contribution in [0.3, 0.4) is 0 Å². The molecule has 1 unspecified atom stereocenters. The quantitative estimate of drug-likeness (QED) is 0.307. The van der Waals surface area contributed by atoms with Crippen LogP contribution in [-0.2, 0) is 9.59 Å². The maximum atomic E-state index is 10.9. The molecule has 0 aliphatic carbocycles. The highest BCUT2D eigenvalue weighted by atomic mass is 35.5. The van der Waals surface area contributed by atoms with Gasteiger partial charge in [-0.05, 0) is 5.92 Å². The van der Waals surface area contributed by atoms with Gasteiger partial charge in [-0.2, -0.15) is 0 Å². The van der Waals surface area contributed by atoms with Gasteiger partial charge in [0.25, 0.3) is 0 Å². The standard InChI is InChI=1S/C7H8ClN3O2S/c8-3-1-2-4(12)11-7(14)5(9)6(10)13/h5H,3,9H2,(H2,10,13)(H,11,12,14). The van der Waals surface area contributed by atoms with Crippen molar-refractivity contribution in [2.45, 2.75) is 6.04 Å². The van der Waals surface area contributed by atoms with Gasteiger partial charge >= 0.3 is 5.91 Å². The SMILES string of the molecule is NC(=O)C(N)C(=S)NC(=O)C#CCCl. The summed E-state index contributed by atoms with van der Waals surface area (Å²) in [6.45, 7) is 0. The molecule has 0 saturated carbocycles. The van der Waals surface area contributed by atoms with E-state index in [1.807, 2.05) is 0 Å². The normalized spacial score (nSPS) is 10.7. The van der Waals surface area contributed by atoms with Gasteiger partial charge in [-0.1, -0.05) is 18.1 Å². The summed E-state index contributed by atoms with van der Waals surface area (Å²) >= 11 is 9.83. The van der Waals surface area contributed by atoms with Crippen molar-refractivity contribution in [3.8, 4) is 11.8 Å². The highest BCUT2D eigenvalue weighted by Crippen LogP contribution is 1.81. The molecule has 0 aliphatic rings. The van der Waals surface area contributed by atoms with Crippen LogP contribution < -0.4 is 16.8 Å². The number of nitrogens with one attached hydrogen (secondary N) is 1. The molecule has 5 N–H and O–H groups in total. The van der Waals surface area contributed by atoms with E-state index in [4.69, 9.17) is 23.1 Å². The number of hydrogen-bond acceptors (Lipinski definition) is 4. The summed E-state index contributed by atoms with van der Waals surface area (Å²) in [5, 5.41) is 2.13. The average molecular weight is 234 g/mol. The molecule has 14 heavy (non-hydrogen) atoms. The second kappa shape index (κ2) is 6.32. The van der Waals surface area contributed by atoms with Crippen molar-refractivity contribution in [1.29, 1.82) is 0 Å². The van der Waals surface area contributed by atoms with Gasteiger partial charge in [0.05, 0.1) is 5.88 Å². The zero-order valence-electron chi connectivity index (χ0n) is 7.04. The first-order chi connectivity index (χ1) is 6.49. The van der Waals surface area contributed by atoms with Crippen molar-refractivity contribution in [3.05, 3.63) is 0 Å². The van der Waals surface area contributed by atoms with Crippen LogP contribution in [0.1, 0.15) is 0 Å². The van der Waals surface area contributed by atoms with Crippen molar-refractivity contribution >= 4 is 40.6 Å². The van der Waals surface area contributed by atoms with Crippen LogP contribution in [0.25, 0.3) is 0 Å². The molecule has 0 aliphatic heterocycles. The smallest absolute Gasteiger partial charge is 0.300 e. The molecule has 0 bridgehead atoms. The first kappa shape index (κ1) is 12.8. The van der Waals surface area contributed by atoms with Crippen LogP contribution in [0, 0.1) is 11.8 Å². The molecule has 0 saturated heterocycles. The predicted octanol–water partition coefficient (Wildman–Crippen LogP) is -1.52. The van der Waals surface area contributed by atoms with Gasteiger partial charge in [-0.25, -0.2) is 0 Å². The molecule has 1 atom stereocenters. The Morgan fingerprint density at radius 1 is 1.57 bits per heavy atom. The van der Waals surface area contributed by atoms with Gasteiger partial charge < -0.3 is 16.8 Å². The van der Waals surface area contributed by atoms with Crippen molar-refractivity contribution < 1.29 is 9.59 Å². The lowest BCUT2D eigenvalue weighted by molar-refractivity contribution is -0.117. The van der Waals surface area contributed by atoms with E-state index in [0.29, 0.717) is 0 Å². The summed E-state index contributed by atoms with van der Waals surface area (Å²) in [6, 6.07) is -1.19. The molecule has 0 fully saturated rings. The van der Waals surface area contributed by atoms with Crippen LogP contribution in [-0.4, -0.2) is 28.7 Å². The summed E-state index contributed by atoms with van der Waals surface area (Å²) in [4.78, 5) is 21.3. The van der Waals surface area contributed by atoms with Crippen LogP contribution >= 0.6 is 23.8 Å². The summed E-state index contributed by atoms with van der Waals surface area (Å²) in [5.74, 6) is 2.98. The van der Waals surface area contributed by atoms with Gasteiger partial charge in [0.2, 0.25) is 5.91 Å². The van der Waals surface area contributed by atoms with Crippen molar-refractivity contribution in [2.24, 2.45) is 11.5 Å². The topological polar surface area (TPSA) is 98.2 Å². The minimum Gasteiger partial charge on any atom is -0.368 e. The third kappa shape index (κ3) is 4.77. The van der Waals surface area contributed by atoms with Crippen LogP contribution in [0.2, 0.25) is 0 Å². The first-order valence-electron chi connectivity index (χ1n) is 3.43. The summed E-state index contributed by atoms with van der Waals surface area (Å²) < 4.78 is 0. The van der Waals surface area contributed by atoms with Crippen LogP contribution in [0.4, 0.5) is 0 Å². The number of rotatable bonds is 2. The number of nitrogens with two attached hydrogens (primary N) is 2. The van der Waals surface area contributed by atoms with E-state index < -0.39 is 17.9 Å². The Bertz CT molecular complexity index is 321. The number of carbonyl (C=O) groups is 2. The molecule has 0 aromatic heterocycles. The Kier molecular flexibility index (Phi) is 5.79. The number of thiocarbonyl (C=S) groups is 1. The number of carbonyl (C=O) groups excluding carboxylic acids is 2. The number of amides is 2. The fourth-order valence-electron chi connectivity index (χ4n) is 0.464. The zero-order chi connectivity index (χ0) is 11.1. The fraction of sp³-hybridized carbons (Fsp3) is 0.286. The van der Waals surface area contributed by atoms with E-state index in [-0.39, 0.29) is 10.9 Å². The molecule has 5 nitrogen and oxygen atoms in total. The second-order valence-corrected chi connectivity index (χ2v) is 2.84. The maximum Gasteiger partial charge on any atom is 0.300 e. The summed E-state index contributed by atoms with van der Waals surface area (Å²) in [7, 11) is 0. The van der Waals surface area contributed by atoms with Gasteiger partial charge in [0.1, 0.15) is 11.0 Å². The Balaban J connectivity index is 4.20. The second-order valence-electron chi connectivity index (χ2n) is 2.13. The Labute approximate surface area is 91.1 Å². The third-order valence-corrected chi connectivity index (χ3v) is 1.58. The summed E-state index contributed by atoms with van der Waals surface area (Å²) in [5.41, 5.74) is 10.1. The van der Waals surface area contributed by atoms with Gasteiger partial charge in [-0.3, -0.25) is 9.59 Å². The van der Waals surface area contributed by atoms with Gasteiger partial charge in [0.15, 0.2) is 0 Å². The molecular weight excluding hydrogens is 226 g/mol. The monoisotopic (exact) mass is 233 g/mol. The first-order valence-corrected chi connectivity index (χ1v) is 4.38. The van der Waals surface area contributed by atoms with Gasteiger partial charge in [0, 0.05) is 0 Å². The van der Waals surface area contributed by atoms with E-state index in [1.165, 1.54) is 0 Å². The molecule has 0 radical (unpaired) electrons. The molecule has 0 aromatic carbocycles. The van der Waals surface area contributed by atoms with E-state index in [9.17, 15) is 9.59 Å². The van der Waals surface area contributed by atoms with E-state index >= 15 is 0 Å². The average Bonchev–Trinajstić information content (AvgIpc) is 2.13. The van der Waals surface area contributed by atoms with Gasteiger partial charge in [-0.15, -0.1) is 11.6 Å². The molecule has 0 aromatic rings. The molecule has 76 valence electrons. The maximum absolute atomic E-state index is 10.9. The summed E-state index contributed by atoms with van der Waals surface area (Å²) in [6.07, 6.45) is 0. The minimum absolute atomic E-state index is 0.0298. The van der Waals surface area contributed by atoms with Crippen molar-refractivity contribution in [1.82, 2.24) is 5.32 Å². The number of alkyl halides is 1. The molecule has 0 spiro atoms. The van der Waals surface area contributed by atoms with E-state index in [2.05, 4.69) is 29.4 Å². The van der Waals surface area contributed by atoms with Crippen molar-refractivity contribution in [3.63, 3.8) is 0 Å². The number of halogens is 1. The lowest BCUT2D eigenvalue weighted by Crippen LogP contribution is -2.49. The molecule has 0 heterocycles. The van der Waals surface area contributed by atoms with Crippen LogP contribution in [0.15, 0.2) is 0 Å². The largest absolute Gasteiger partial charge is 0.368 e. The lowest BCUT2D eigenvalue weighted by atomic mass is 10.3. The van der Waals surface area contributed by atoms with E-state index in [1.54, 1.807) is 0 Å². The highest BCUT2D eigenvalue weighted by Gasteiger charge is 2.16. The molecular formula is C7H8ClN3O2S. The number of primary amides is 1. The highest BCUT2D eigenvalue weighted by molar-refractivity contribution is 7.80. The molecule has 7 heteroatoms. The Morgan fingerprint density at radius 2 is 2.14 bits per heavy atom. The third-order valence-electron chi connectivity index (χ3n) is 1.09. The Morgan fingerprint density at radius 3 is 2.57 bits per heavy atom.